The zero-order valence-electron chi connectivity index (χ0n) is 11.3. The second kappa shape index (κ2) is 5.71. The highest BCUT2D eigenvalue weighted by atomic mass is 32.2. The normalized spacial score (nSPS) is 17.3. The van der Waals surface area contributed by atoms with Gasteiger partial charge < -0.3 is 4.90 Å². The van der Waals surface area contributed by atoms with Crippen LogP contribution >= 0.6 is 0 Å². The molecule has 1 N–H and O–H groups in total. The second-order valence-corrected chi connectivity index (χ2v) is 6.55. The summed E-state index contributed by atoms with van der Waals surface area (Å²) in [7, 11) is -1.49. The Morgan fingerprint density at radius 1 is 1.16 bits per heavy atom. The number of hydrogen-bond acceptors (Lipinski definition) is 4. The van der Waals surface area contributed by atoms with Crippen molar-refractivity contribution in [2.45, 2.75) is 24.7 Å². The van der Waals surface area contributed by atoms with Crippen LogP contribution in [0, 0.1) is 6.92 Å². The number of benzene rings is 1. The van der Waals surface area contributed by atoms with Gasteiger partial charge in [-0.15, -0.1) is 0 Å². The molecule has 0 aliphatic carbocycles. The molecule has 1 aliphatic rings. The zero-order valence-corrected chi connectivity index (χ0v) is 12.1. The first-order valence-electron chi connectivity index (χ1n) is 6.30. The summed E-state index contributed by atoms with van der Waals surface area (Å²) < 4.78 is 24.0. The van der Waals surface area contributed by atoms with E-state index in [2.05, 4.69) is 14.8 Å². The van der Waals surface area contributed by atoms with Gasteiger partial charge in [0.1, 0.15) is 0 Å². The summed E-state index contributed by atoms with van der Waals surface area (Å²) in [5.41, 5.74) is 1.94. The lowest BCUT2D eigenvalue weighted by atomic mass is 10.1. The number of nitrogens with one attached hydrogen (secondary N) is 1. The predicted octanol–water partition coefficient (Wildman–Crippen LogP) is 1.35. The fraction of sp³-hybridized carbons (Fsp3) is 0.462. The number of hydrogen-bond donors (Lipinski definition) is 1. The molecule has 0 aromatic heterocycles. The number of piperidine rings is 1. The van der Waals surface area contributed by atoms with Crippen LogP contribution in [0.25, 0.3) is 0 Å². The number of hydrazone groups is 1. The van der Waals surface area contributed by atoms with Crippen LogP contribution in [-0.4, -0.2) is 39.2 Å². The van der Waals surface area contributed by atoms with Crippen LogP contribution in [-0.2, 0) is 10.0 Å². The van der Waals surface area contributed by atoms with Gasteiger partial charge in [0.15, 0.2) is 0 Å². The SMILES string of the molecule is Cc1ccc(S(=O)(=O)NN=C2CCN(C)CC2)cc1. The Morgan fingerprint density at radius 3 is 2.32 bits per heavy atom. The Labute approximate surface area is 114 Å². The first-order chi connectivity index (χ1) is 8.97. The van der Waals surface area contributed by atoms with Crippen LogP contribution in [0.4, 0.5) is 0 Å². The predicted molar refractivity (Wildman–Crippen MR) is 75.7 cm³/mol. The quantitative estimate of drug-likeness (QED) is 0.851. The molecule has 1 fully saturated rings. The summed E-state index contributed by atoms with van der Waals surface area (Å²) in [6.07, 6.45) is 1.62. The Kier molecular flexibility index (Phi) is 4.21. The van der Waals surface area contributed by atoms with Crippen molar-refractivity contribution in [2.24, 2.45) is 5.10 Å². The standard InChI is InChI=1S/C13H19N3O2S/c1-11-3-5-13(6-4-11)19(17,18)15-14-12-7-9-16(2)10-8-12/h3-6,15H,7-10H2,1-2H3. The van der Waals surface area contributed by atoms with Gasteiger partial charge in [-0.05, 0) is 26.1 Å². The van der Waals surface area contributed by atoms with Gasteiger partial charge in [-0.3, -0.25) is 0 Å². The molecule has 1 aliphatic heterocycles. The van der Waals surface area contributed by atoms with Crippen LogP contribution < -0.4 is 4.83 Å². The van der Waals surface area contributed by atoms with Gasteiger partial charge in [-0.25, -0.2) is 4.83 Å². The van der Waals surface area contributed by atoms with Crippen molar-refractivity contribution in [3.8, 4) is 0 Å². The van der Waals surface area contributed by atoms with E-state index in [0.29, 0.717) is 0 Å². The number of sulfonamides is 1. The van der Waals surface area contributed by atoms with Gasteiger partial charge in [0.05, 0.1) is 4.90 Å². The highest BCUT2D eigenvalue weighted by Gasteiger charge is 2.15. The number of aryl methyl sites for hydroxylation is 1. The Hall–Kier alpha value is -1.40. The third kappa shape index (κ3) is 3.78. The molecule has 0 bridgehead atoms. The molecule has 104 valence electrons. The van der Waals surface area contributed by atoms with Crippen molar-refractivity contribution in [3.05, 3.63) is 29.8 Å². The fourth-order valence-electron chi connectivity index (χ4n) is 1.88. The molecule has 19 heavy (non-hydrogen) atoms. The summed E-state index contributed by atoms with van der Waals surface area (Å²) in [5, 5.41) is 4.04. The molecule has 5 nitrogen and oxygen atoms in total. The van der Waals surface area contributed by atoms with Gasteiger partial charge in [-0.2, -0.15) is 13.5 Å². The summed E-state index contributed by atoms with van der Waals surface area (Å²) >= 11 is 0. The Bertz CT molecular complexity index is 554. The van der Waals surface area contributed by atoms with Crippen LogP contribution in [0.3, 0.4) is 0 Å². The minimum absolute atomic E-state index is 0.246. The van der Waals surface area contributed by atoms with Crippen LogP contribution in [0.1, 0.15) is 18.4 Å². The fourth-order valence-corrected chi connectivity index (χ4v) is 2.73. The Morgan fingerprint density at radius 2 is 1.74 bits per heavy atom. The van der Waals surface area contributed by atoms with E-state index in [9.17, 15) is 8.42 Å². The molecular formula is C13H19N3O2S. The van der Waals surface area contributed by atoms with E-state index < -0.39 is 10.0 Å². The summed E-state index contributed by atoms with van der Waals surface area (Å²) in [5.74, 6) is 0. The maximum Gasteiger partial charge on any atom is 0.276 e. The minimum Gasteiger partial charge on any atom is -0.306 e. The van der Waals surface area contributed by atoms with Gasteiger partial charge in [0.2, 0.25) is 0 Å². The lowest BCUT2D eigenvalue weighted by Crippen LogP contribution is -2.32. The van der Waals surface area contributed by atoms with Crippen molar-refractivity contribution in [3.63, 3.8) is 0 Å². The molecule has 1 aromatic rings. The van der Waals surface area contributed by atoms with E-state index in [-0.39, 0.29) is 4.90 Å². The highest BCUT2D eigenvalue weighted by Crippen LogP contribution is 2.10. The average Bonchev–Trinajstić information content (AvgIpc) is 2.39. The molecule has 1 heterocycles. The minimum atomic E-state index is -3.54. The van der Waals surface area contributed by atoms with Crippen molar-refractivity contribution in [1.82, 2.24) is 9.73 Å². The second-order valence-electron chi connectivity index (χ2n) is 4.89. The van der Waals surface area contributed by atoms with Crippen LogP contribution in [0.5, 0.6) is 0 Å². The van der Waals surface area contributed by atoms with Crippen LogP contribution in [0.2, 0.25) is 0 Å². The first kappa shape index (κ1) is 14.0. The lowest BCUT2D eigenvalue weighted by Gasteiger charge is -2.22. The van der Waals surface area contributed by atoms with Gasteiger partial charge in [0.25, 0.3) is 10.0 Å². The molecule has 0 unspecified atom stereocenters. The van der Waals surface area contributed by atoms with Gasteiger partial charge in [-0.1, -0.05) is 17.7 Å². The third-order valence-corrected chi connectivity index (χ3v) is 4.44. The van der Waals surface area contributed by atoms with E-state index in [1.54, 1.807) is 24.3 Å². The topological polar surface area (TPSA) is 61.8 Å². The molecule has 1 saturated heterocycles. The molecule has 0 amide bonds. The molecule has 2 rings (SSSR count). The molecule has 0 spiro atoms. The van der Waals surface area contributed by atoms with Crippen molar-refractivity contribution < 1.29 is 8.42 Å². The third-order valence-electron chi connectivity index (χ3n) is 3.22. The summed E-state index contributed by atoms with van der Waals surface area (Å²) in [6, 6.07) is 6.73. The van der Waals surface area contributed by atoms with E-state index in [1.165, 1.54) is 0 Å². The first-order valence-corrected chi connectivity index (χ1v) is 7.78. The summed E-state index contributed by atoms with van der Waals surface area (Å²) in [6.45, 7) is 3.76. The molecule has 0 saturated carbocycles. The van der Waals surface area contributed by atoms with Crippen LogP contribution in [0.15, 0.2) is 34.3 Å². The monoisotopic (exact) mass is 281 g/mol. The smallest absolute Gasteiger partial charge is 0.276 e. The number of nitrogens with zero attached hydrogens (tertiary/aromatic N) is 2. The van der Waals surface area contributed by atoms with Crippen molar-refractivity contribution in [1.29, 1.82) is 0 Å². The Balaban J connectivity index is 2.05. The van der Waals surface area contributed by atoms with Crippen molar-refractivity contribution >= 4 is 15.7 Å². The highest BCUT2D eigenvalue weighted by molar-refractivity contribution is 7.89. The molecule has 1 aromatic carbocycles. The van der Waals surface area contributed by atoms with Gasteiger partial charge >= 0.3 is 0 Å². The van der Waals surface area contributed by atoms with E-state index in [0.717, 1.165) is 37.2 Å². The molecule has 6 heteroatoms. The zero-order chi connectivity index (χ0) is 13.9. The number of rotatable bonds is 3. The van der Waals surface area contributed by atoms with E-state index in [4.69, 9.17) is 0 Å². The molecule has 0 radical (unpaired) electrons. The molecule has 0 atom stereocenters. The largest absolute Gasteiger partial charge is 0.306 e. The van der Waals surface area contributed by atoms with E-state index >= 15 is 0 Å². The number of likely N-dealkylation sites (tertiary alicyclic amines) is 1. The summed E-state index contributed by atoms with van der Waals surface area (Å²) in [4.78, 5) is 4.77. The average molecular weight is 281 g/mol. The van der Waals surface area contributed by atoms with E-state index in [1.807, 2.05) is 14.0 Å². The van der Waals surface area contributed by atoms with Gasteiger partial charge in [0, 0.05) is 31.6 Å². The maximum atomic E-state index is 12.0. The maximum absolute atomic E-state index is 12.0. The molecular weight excluding hydrogens is 262 g/mol. The lowest BCUT2D eigenvalue weighted by molar-refractivity contribution is 0.335. The van der Waals surface area contributed by atoms with Crippen molar-refractivity contribution in [2.75, 3.05) is 20.1 Å².